The molecule has 106 valence electrons. The lowest BCUT2D eigenvalue weighted by molar-refractivity contribution is -0.525. The number of likely N-dealkylation sites (N-methyl/N-ethyl adjacent to an activating group) is 1. The van der Waals surface area contributed by atoms with Gasteiger partial charge in [-0.15, -0.1) is 0 Å². The first-order chi connectivity index (χ1) is 9.56. The summed E-state index contributed by atoms with van der Waals surface area (Å²) in [5, 5.41) is 9.39. The van der Waals surface area contributed by atoms with Crippen molar-refractivity contribution in [1.29, 1.82) is 0 Å². The lowest BCUT2D eigenvalue weighted by atomic mass is 10.3. The summed E-state index contributed by atoms with van der Waals surface area (Å²) in [6, 6.07) is 7.71. The van der Waals surface area contributed by atoms with Crippen LogP contribution in [0.1, 0.15) is 0 Å². The predicted octanol–water partition coefficient (Wildman–Crippen LogP) is 0.0951. The summed E-state index contributed by atoms with van der Waals surface area (Å²) >= 11 is 0. The Morgan fingerprint density at radius 2 is 2.35 bits per heavy atom. The molecule has 0 aliphatic rings. The Morgan fingerprint density at radius 3 is 3.05 bits per heavy atom. The number of H-pyrrole nitrogens is 1. The molecular formula is C11H15N7O2. The van der Waals surface area contributed by atoms with Crippen LogP contribution in [0.15, 0.2) is 29.3 Å². The first-order valence-electron chi connectivity index (χ1n) is 5.93. The third-order valence-electron chi connectivity index (χ3n) is 2.66. The van der Waals surface area contributed by atoms with Gasteiger partial charge in [0.1, 0.15) is 0 Å². The molecule has 0 aliphatic carbocycles. The molecule has 9 nitrogen and oxygen atoms in total. The molecule has 1 aromatic carbocycles. The normalized spacial score (nSPS) is 11.6. The molecule has 1 aromatic heterocycles. The van der Waals surface area contributed by atoms with Crippen LogP contribution >= 0.6 is 0 Å². The Labute approximate surface area is 114 Å². The second-order valence-corrected chi connectivity index (χ2v) is 4.13. The molecular weight excluding hydrogens is 262 g/mol. The van der Waals surface area contributed by atoms with Crippen LogP contribution in [0.2, 0.25) is 0 Å². The average molecular weight is 277 g/mol. The van der Waals surface area contributed by atoms with Crippen LogP contribution in [0.25, 0.3) is 11.0 Å². The fourth-order valence-corrected chi connectivity index (χ4v) is 1.68. The molecule has 0 bridgehead atoms. The second kappa shape index (κ2) is 5.87. The number of nitro groups is 1. The summed E-state index contributed by atoms with van der Waals surface area (Å²) in [6.45, 7) is 0.847. The number of aliphatic imine (C=N–C) groups is 1. The number of anilines is 1. The van der Waals surface area contributed by atoms with Gasteiger partial charge in [0.15, 0.2) is 5.03 Å². The van der Waals surface area contributed by atoms with Gasteiger partial charge in [0.2, 0.25) is 5.95 Å². The molecule has 2 rings (SSSR count). The first-order valence-corrected chi connectivity index (χ1v) is 5.93. The van der Waals surface area contributed by atoms with Crippen LogP contribution in [0.3, 0.4) is 0 Å². The maximum atomic E-state index is 10.1. The van der Waals surface area contributed by atoms with E-state index in [-0.39, 0.29) is 5.96 Å². The minimum Gasteiger partial charge on any atom is -0.365 e. The Hall–Kier alpha value is -2.84. The molecule has 0 aliphatic heterocycles. The average Bonchev–Trinajstić information content (AvgIpc) is 2.81. The van der Waals surface area contributed by atoms with Crippen molar-refractivity contribution in [2.75, 3.05) is 25.0 Å². The Morgan fingerprint density at radius 1 is 1.60 bits per heavy atom. The molecule has 0 saturated heterocycles. The number of nitrogens with two attached hydrogens (primary N) is 1. The van der Waals surface area contributed by atoms with E-state index >= 15 is 0 Å². The van der Waals surface area contributed by atoms with Crippen molar-refractivity contribution < 1.29 is 5.03 Å². The molecule has 0 saturated carbocycles. The van der Waals surface area contributed by atoms with E-state index < -0.39 is 5.03 Å². The lowest BCUT2D eigenvalue weighted by Gasteiger charge is -2.13. The van der Waals surface area contributed by atoms with E-state index in [0.717, 1.165) is 11.0 Å². The van der Waals surface area contributed by atoms with Crippen LogP contribution in [-0.2, 0) is 0 Å². The molecule has 0 unspecified atom stereocenters. The van der Waals surface area contributed by atoms with E-state index in [4.69, 9.17) is 5.73 Å². The Kier molecular flexibility index (Phi) is 3.99. The molecule has 0 atom stereocenters. The predicted molar refractivity (Wildman–Crippen MR) is 76.0 cm³/mol. The summed E-state index contributed by atoms with van der Waals surface area (Å²) < 4.78 is 0. The number of aromatic amines is 1. The zero-order valence-electron chi connectivity index (χ0n) is 10.9. The number of rotatable bonds is 5. The summed E-state index contributed by atoms with van der Waals surface area (Å²) in [4.78, 5) is 23.4. The zero-order valence-corrected chi connectivity index (χ0v) is 10.9. The third kappa shape index (κ3) is 3.34. The van der Waals surface area contributed by atoms with Gasteiger partial charge in [-0.2, -0.15) is 0 Å². The number of imidazole rings is 1. The molecule has 20 heavy (non-hydrogen) atoms. The fraction of sp³-hybridized carbons (Fsp3) is 0.273. The number of para-hydroxylation sites is 2. The minimum absolute atomic E-state index is 0.215. The van der Waals surface area contributed by atoms with Gasteiger partial charge in [-0.3, -0.25) is 0 Å². The highest BCUT2D eigenvalue weighted by molar-refractivity contribution is 5.77. The molecule has 0 radical (unpaired) electrons. The number of hydrazine groups is 1. The van der Waals surface area contributed by atoms with Crippen LogP contribution in [0, 0.1) is 10.1 Å². The van der Waals surface area contributed by atoms with Gasteiger partial charge in [0.25, 0.3) is 5.96 Å². The number of aromatic nitrogens is 2. The standard InChI is InChI=1S/C11H15N7O2/c1-17(7-6-13-10(12)16-18(19)20)11-14-8-4-2-3-5-9(8)15-11/h2-5H,6-7H2,1H3,(H,14,15)(H3,12,13,16). The van der Waals surface area contributed by atoms with Crippen molar-refractivity contribution >= 4 is 22.9 Å². The summed E-state index contributed by atoms with van der Waals surface area (Å²) in [5.74, 6) is 0.496. The van der Waals surface area contributed by atoms with E-state index in [1.807, 2.05) is 36.2 Å². The molecule has 4 N–H and O–H groups in total. The van der Waals surface area contributed by atoms with Crippen molar-refractivity contribution in [3.05, 3.63) is 34.4 Å². The van der Waals surface area contributed by atoms with Gasteiger partial charge in [0, 0.05) is 13.6 Å². The van der Waals surface area contributed by atoms with Gasteiger partial charge in [-0.05, 0) is 12.1 Å². The molecule has 0 amide bonds. The topological polar surface area (TPSA) is 125 Å². The van der Waals surface area contributed by atoms with E-state index in [1.165, 1.54) is 0 Å². The highest BCUT2D eigenvalue weighted by Gasteiger charge is 2.06. The summed E-state index contributed by atoms with van der Waals surface area (Å²) in [7, 11) is 1.85. The van der Waals surface area contributed by atoms with E-state index in [0.29, 0.717) is 19.0 Å². The number of benzene rings is 1. The van der Waals surface area contributed by atoms with E-state index in [2.05, 4.69) is 15.0 Å². The number of nitrogens with one attached hydrogen (secondary N) is 2. The maximum absolute atomic E-state index is 10.1. The van der Waals surface area contributed by atoms with Crippen molar-refractivity contribution in [2.45, 2.75) is 0 Å². The monoisotopic (exact) mass is 277 g/mol. The Bertz CT molecular complexity index is 603. The first kappa shape index (κ1) is 13.6. The number of hydrogen-bond acceptors (Lipinski definition) is 5. The van der Waals surface area contributed by atoms with Crippen LogP contribution in [0.5, 0.6) is 0 Å². The van der Waals surface area contributed by atoms with Gasteiger partial charge < -0.3 is 15.6 Å². The number of guanidine groups is 1. The summed E-state index contributed by atoms with van der Waals surface area (Å²) in [5.41, 5.74) is 8.93. The van der Waals surface area contributed by atoms with Crippen LogP contribution in [0.4, 0.5) is 5.95 Å². The molecule has 0 spiro atoms. The highest BCUT2D eigenvalue weighted by Crippen LogP contribution is 2.15. The van der Waals surface area contributed by atoms with Gasteiger partial charge in [-0.25, -0.2) is 20.1 Å². The smallest absolute Gasteiger partial charge is 0.251 e. The number of fused-ring (bicyclic) bond motifs is 1. The lowest BCUT2D eigenvalue weighted by Crippen LogP contribution is -2.36. The van der Waals surface area contributed by atoms with E-state index in [1.54, 1.807) is 5.43 Å². The van der Waals surface area contributed by atoms with Crippen molar-refractivity contribution in [3.8, 4) is 0 Å². The van der Waals surface area contributed by atoms with Crippen molar-refractivity contribution in [1.82, 2.24) is 15.4 Å². The van der Waals surface area contributed by atoms with Gasteiger partial charge in [-0.1, -0.05) is 17.6 Å². The van der Waals surface area contributed by atoms with Crippen LogP contribution < -0.4 is 16.1 Å². The quantitative estimate of drug-likeness (QED) is 0.308. The van der Waals surface area contributed by atoms with Crippen molar-refractivity contribution in [2.24, 2.45) is 10.7 Å². The molecule has 0 fully saturated rings. The number of hydrogen-bond donors (Lipinski definition) is 3. The summed E-state index contributed by atoms with van der Waals surface area (Å²) in [6.07, 6.45) is 0. The largest absolute Gasteiger partial charge is 0.365 e. The van der Waals surface area contributed by atoms with Gasteiger partial charge in [0.05, 0.1) is 17.6 Å². The second-order valence-electron chi connectivity index (χ2n) is 4.13. The Balaban J connectivity index is 1.94. The van der Waals surface area contributed by atoms with Gasteiger partial charge >= 0.3 is 0 Å². The van der Waals surface area contributed by atoms with E-state index in [9.17, 15) is 10.1 Å². The zero-order chi connectivity index (χ0) is 14.5. The van der Waals surface area contributed by atoms with Crippen LogP contribution in [-0.4, -0.2) is 41.1 Å². The fourth-order valence-electron chi connectivity index (χ4n) is 1.68. The third-order valence-corrected chi connectivity index (χ3v) is 2.66. The molecule has 9 heteroatoms. The number of nitrogens with zero attached hydrogens (tertiary/aromatic N) is 4. The SMILES string of the molecule is CN(CCN=C(N)N[N+](=O)[O-])c1nc2ccccc2[nH]1. The minimum atomic E-state index is -0.748. The molecule has 2 aromatic rings. The molecule has 1 heterocycles. The van der Waals surface area contributed by atoms with Crippen molar-refractivity contribution in [3.63, 3.8) is 0 Å². The highest BCUT2D eigenvalue weighted by atomic mass is 16.7. The maximum Gasteiger partial charge on any atom is 0.251 e.